The highest BCUT2D eigenvalue weighted by Gasteiger charge is 2.25. The highest BCUT2D eigenvalue weighted by atomic mass is 35.5. The van der Waals surface area contributed by atoms with Gasteiger partial charge in [-0.05, 0) is 18.2 Å². The Morgan fingerprint density at radius 1 is 1.17 bits per heavy atom. The van der Waals surface area contributed by atoms with Gasteiger partial charge in [0.1, 0.15) is 22.7 Å². The fourth-order valence-corrected chi connectivity index (χ4v) is 4.08. The smallest absolute Gasteiger partial charge is 0.287 e. The summed E-state index contributed by atoms with van der Waals surface area (Å²) in [7, 11) is 0. The van der Waals surface area contributed by atoms with Crippen LogP contribution >= 0.6 is 22.9 Å². The Morgan fingerprint density at radius 3 is 2.62 bits per heavy atom. The molecule has 3 heterocycles. The van der Waals surface area contributed by atoms with Gasteiger partial charge in [-0.1, -0.05) is 23.7 Å². The van der Waals surface area contributed by atoms with Gasteiger partial charge in [-0.15, -0.1) is 11.3 Å². The summed E-state index contributed by atoms with van der Waals surface area (Å²) >= 11 is 7.44. The molecule has 0 atom stereocenters. The monoisotopic (exact) mass is 429 g/mol. The molecular formula is C19H16ClN5O3S. The predicted octanol–water partition coefficient (Wildman–Crippen LogP) is 3.73. The third-order valence-electron chi connectivity index (χ3n) is 4.63. The van der Waals surface area contributed by atoms with Crippen LogP contribution in [0.3, 0.4) is 0 Å². The zero-order chi connectivity index (χ0) is 20.4. The van der Waals surface area contributed by atoms with Crippen molar-refractivity contribution >= 4 is 40.4 Å². The van der Waals surface area contributed by atoms with E-state index in [9.17, 15) is 14.9 Å². The number of carbonyl (C=O) groups is 1. The summed E-state index contributed by atoms with van der Waals surface area (Å²) in [5.41, 5.74) is 1.27. The SMILES string of the molecule is O=C(c1csc(-c2cccc(Cl)c2)n1)N1CCN(c2ccc([N+](=O)[O-])cn2)CC1. The van der Waals surface area contributed by atoms with Crippen LogP contribution in [-0.2, 0) is 0 Å². The minimum Gasteiger partial charge on any atom is -0.353 e. The highest BCUT2D eigenvalue weighted by Crippen LogP contribution is 2.27. The lowest BCUT2D eigenvalue weighted by atomic mass is 10.2. The first kappa shape index (κ1) is 19.3. The van der Waals surface area contributed by atoms with Crippen molar-refractivity contribution in [1.29, 1.82) is 0 Å². The number of nitro groups is 1. The van der Waals surface area contributed by atoms with Gasteiger partial charge in [0.15, 0.2) is 0 Å². The van der Waals surface area contributed by atoms with Crippen molar-refractivity contribution in [2.45, 2.75) is 0 Å². The van der Waals surface area contributed by atoms with E-state index in [-0.39, 0.29) is 11.6 Å². The molecule has 4 rings (SSSR count). The van der Waals surface area contributed by atoms with Gasteiger partial charge in [-0.3, -0.25) is 14.9 Å². The van der Waals surface area contributed by atoms with E-state index in [4.69, 9.17) is 11.6 Å². The minimum absolute atomic E-state index is 0.0402. The van der Waals surface area contributed by atoms with Gasteiger partial charge in [0, 0.05) is 48.2 Å². The lowest BCUT2D eigenvalue weighted by Crippen LogP contribution is -2.49. The van der Waals surface area contributed by atoms with Gasteiger partial charge in [0.05, 0.1) is 4.92 Å². The van der Waals surface area contributed by atoms with Gasteiger partial charge < -0.3 is 9.80 Å². The summed E-state index contributed by atoms with van der Waals surface area (Å²) in [6.45, 7) is 2.26. The van der Waals surface area contributed by atoms with Crippen molar-refractivity contribution in [3.05, 3.63) is 68.8 Å². The van der Waals surface area contributed by atoms with Crippen molar-refractivity contribution in [3.8, 4) is 10.6 Å². The number of halogens is 1. The largest absolute Gasteiger partial charge is 0.353 e. The topological polar surface area (TPSA) is 92.5 Å². The number of anilines is 1. The quantitative estimate of drug-likeness (QED) is 0.463. The maximum absolute atomic E-state index is 12.8. The molecule has 1 amide bonds. The fraction of sp³-hybridized carbons (Fsp3) is 0.211. The number of carbonyl (C=O) groups excluding carboxylic acids is 1. The van der Waals surface area contributed by atoms with E-state index in [1.165, 1.54) is 23.6 Å². The zero-order valence-electron chi connectivity index (χ0n) is 15.2. The number of rotatable bonds is 4. The Hall–Kier alpha value is -3.04. The molecule has 1 aliphatic rings. The molecule has 10 heteroatoms. The van der Waals surface area contributed by atoms with Crippen LogP contribution in [0.5, 0.6) is 0 Å². The summed E-state index contributed by atoms with van der Waals surface area (Å²) in [6.07, 6.45) is 1.25. The second-order valence-electron chi connectivity index (χ2n) is 6.46. The summed E-state index contributed by atoms with van der Waals surface area (Å²) in [5.74, 6) is 0.561. The fourth-order valence-electron chi connectivity index (χ4n) is 3.10. The zero-order valence-corrected chi connectivity index (χ0v) is 16.8. The number of hydrogen-bond donors (Lipinski definition) is 0. The number of thiazole rings is 1. The summed E-state index contributed by atoms with van der Waals surface area (Å²) in [6, 6.07) is 10.5. The number of piperazine rings is 1. The van der Waals surface area contributed by atoms with Crippen molar-refractivity contribution in [2.24, 2.45) is 0 Å². The van der Waals surface area contributed by atoms with Crippen LogP contribution in [0.1, 0.15) is 10.5 Å². The molecule has 0 radical (unpaired) electrons. The molecular weight excluding hydrogens is 414 g/mol. The van der Waals surface area contributed by atoms with Crippen LogP contribution in [0.4, 0.5) is 11.5 Å². The van der Waals surface area contributed by atoms with Crippen molar-refractivity contribution < 1.29 is 9.72 Å². The Labute approximate surface area is 175 Å². The molecule has 29 heavy (non-hydrogen) atoms. The highest BCUT2D eigenvalue weighted by molar-refractivity contribution is 7.13. The van der Waals surface area contributed by atoms with Crippen molar-refractivity contribution in [1.82, 2.24) is 14.9 Å². The van der Waals surface area contributed by atoms with Crippen LogP contribution in [0, 0.1) is 10.1 Å². The third kappa shape index (κ3) is 4.20. The Kier molecular flexibility index (Phi) is 5.41. The summed E-state index contributed by atoms with van der Waals surface area (Å²) < 4.78 is 0. The lowest BCUT2D eigenvalue weighted by Gasteiger charge is -2.35. The van der Waals surface area contributed by atoms with Crippen molar-refractivity contribution in [2.75, 3.05) is 31.1 Å². The molecule has 8 nitrogen and oxygen atoms in total. The first-order valence-corrected chi connectivity index (χ1v) is 10.1. The maximum atomic E-state index is 12.8. The molecule has 0 bridgehead atoms. The lowest BCUT2D eigenvalue weighted by molar-refractivity contribution is -0.385. The van der Waals surface area contributed by atoms with Crippen LogP contribution in [0.25, 0.3) is 10.6 Å². The van der Waals surface area contributed by atoms with E-state index in [1.54, 1.807) is 22.4 Å². The molecule has 1 saturated heterocycles. The molecule has 0 spiro atoms. The van der Waals surface area contributed by atoms with Gasteiger partial charge >= 0.3 is 0 Å². The van der Waals surface area contributed by atoms with Crippen molar-refractivity contribution in [3.63, 3.8) is 0 Å². The normalized spacial score (nSPS) is 14.1. The predicted molar refractivity (Wildman–Crippen MR) is 112 cm³/mol. The van der Waals surface area contributed by atoms with E-state index < -0.39 is 4.92 Å². The van der Waals surface area contributed by atoms with Gasteiger partial charge in [0.25, 0.3) is 11.6 Å². The molecule has 0 aliphatic carbocycles. The Morgan fingerprint density at radius 2 is 1.97 bits per heavy atom. The van der Waals surface area contributed by atoms with Crippen LogP contribution in [-0.4, -0.2) is 51.9 Å². The van der Waals surface area contributed by atoms with Gasteiger partial charge in [-0.2, -0.15) is 0 Å². The van der Waals surface area contributed by atoms with E-state index in [0.29, 0.717) is 42.7 Å². The number of pyridine rings is 1. The van der Waals surface area contributed by atoms with Gasteiger partial charge in [-0.25, -0.2) is 9.97 Å². The van der Waals surface area contributed by atoms with Crippen LogP contribution < -0.4 is 4.90 Å². The minimum atomic E-state index is -0.473. The van der Waals surface area contributed by atoms with Gasteiger partial charge in [0.2, 0.25) is 0 Å². The number of aromatic nitrogens is 2. The van der Waals surface area contributed by atoms with Crippen LogP contribution in [0.2, 0.25) is 5.02 Å². The van der Waals surface area contributed by atoms with Crippen LogP contribution in [0.15, 0.2) is 48.0 Å². The second-order valence-corrected chi connectivity index (χ2v) is 7.75. The molecule has 1 fully saturated rings. The molecule has 1 aliphatic heterocycles. The first-order chi connectivity index (χ1) is 14.0. The van der Waals surface area contributed by atoms with E-state index >= 15 is 0 Å². The number of benzene rings is 1. The standard InChI is InChI=1S/C19H16ClN5O3S/c20-14-3-1-2-13(10-14)18-22-16(12-29-18)19(26)24-8-6-23(7-9-24)17-5-4-15(11-21-17)25(27)28/h1-5,10-12H,6-9H2. The number of amides is 1. The maximum Gasteiger partial charge on any atom is 0.287 e. The van der Waals surface area contributed by atoms with E-state index in [2.05, 4.69) is 9.97 Å². The molecule has 2 aromatic heterocycles. The summed E-state index contributed by atoms with van der Waals surface area (Å²) in [4.78, 5) is 35.5. The average molecular weight is 430 g/mol. The summed E-state index contributed by atoms with van der Waals surface area (Å²) in [5, 5.41) is 13.9. The first-order valence-electron chi connectivity index (χ1n) is 8.87. The van der Waals surface area contributed by atoms with E-state index in [0.717, 1.165) is 10.6 Å². The Bertz CT molecular complexity index is 1050. The third-order valence-corrected chi connectivity index (χ3v) is 5.76. The molecule has 148 valence electrons. The molecule has 0 saturated carbocycles. The average Bonchev–Trinajstić information content (AvgIpc) is 3.24. The molecule has 3 aromatic rings. The number of hydrogen-bond acceptors (Lipinski definition) is 7. The Balaban J connectivity index is 1.40. The molecule has 1 aromatic carbocycles. The second kappa shape index (κ2) is 8.14. The molecule has 0 N–H and O–H groups in total. The van der Waals surface area contributed by atoms with E-state index in [1.807, 2.05) is 23.1 Å². The number of nitrogens with zero attached hydrogens (tertiary/aromatic N) is 5. The molecule has 0 unspecified atom stereocenters.